The Morgan fingerprint density at radius 1 is 1.12 bits per heavy atom. The minimum Gasteiger partial charge on any atom is -0.377 e. The van der Waals surface area contributed by atoms with E-state index in [-0.39, 0.29) is 0 Å². The van der Waals surface area contributed by atoms with Gasteiger partial charge in [0.05, 0.1) is 6.10 Å². The molecule has 1 N–H and O–H groups in total. The summed E-state index contributed by atoms with van der Waals surface area (Å²) in [6.45, 7) is 13.0. The van der Waals surface area contributed by atoms with Gasteiger partial charge in [0.1, 0.15) is 0 Å². The van der Waals surface area contributed by atoms with Gasteiger partial charge in [0.25, 0.3) is 0 Å². The van der Waals surface area contributed by atoms with Crippen molar-refractivity contribution >= 4 is 0 Å². The summed E-state index contributed by atoms with van der Waals surface area (Å²) in [5.41, 5.74) is 0. The number of hydrogen-bond donors (Lipinski definition) is 1. The SMILES string of the molecule is CCCC(OCC)C(CC(C)CC)NCC. The maximum Gasteiger partial charge on any atom is 0.0727 e. The molecule has 16 heavy (non-hydrogen) atoms. The molecule has 3 atom stereocenters. The first-order valence-corrected chi connectivity index (χ1v) is 7.04. The highest BCUT2D eigenvalue weighted by atomic mass is 16.5. The fourth-order valence-electron chi connectivity index (χ4n) is 2.13. The number of hydrogen-bond acceptors (Lipinski definition) is 2. The van der Waals surface area contributed by atoms with Crippen molar-refractivity contribution in [1.29, 1.82) is 0 Å². The van der Waals surface area contributed by atoms with Gasteiger partial charge in [0, 0.05) is 12.6 Å². The third-order valence-corrected chi connectivity index (χ3v) is 3.22. The van der Waals surface area contributed by atoms with Gasteiger partial charge in [-0.3, -0.25) is 0 Å². The van der Waals surface area contributed by atoms with Crippen LogP contribution in [0.3, 0.4) is 0 Å². The monoisotopic (exact) mass is 229 g/mol. The van der Waals surface area contributed by atoms with Crippen molar-refractivity contribution in [1.82, 2.24) is 5.32 Å². The van der Waals surface area contributed by atoms with E-state index in [1.165, 1.54) is 25.7 Å². The van der Waals surface area contributed by atoms with Crippen LogP contribution in [0.1, 0.15) is 60.3 Å². The normalized spacial score (nSPS) is 17.1. The molecule has 98 valence electrons. The predicted molar refractivity (Wildman–Crippen MR) is 71.9 cm³/mol. The summed E-state index contributed by atoms with van der Waals surface area (Å²) in [6, 6.07) is 0.528. The summed E-state index contributed by atoms with van der Waals surface area (Å²) >= 11 is 0. The molecule has 2 nitrogen and oxygen atoms in total. The smallest absolute Gasteiger partial charge is 0.0727 e. The van der Waals surface area contributed by atoms with Gasteiger partial charge in [-0.2, -0.15) is 0 Å². The molecule has 0 radical (unpaired) electrons. The molecule has 0 amide bonds. The van der Waals surface area contributed by atoms with E-state index >= 15 is 0 Å². The summed E-state index contributed by atoms with van der Waals surface area (Å²) in [6.07, 6.45) is 5.25. The van der Waals surface area contributed by atoms with Crippen LogP contribution in [0, 0.1) is 5.92 Å². The van der Waals surface area contributed by atoms with Crippen LogP contribution in [-0.2, 0) is 4.74 Å². The maximum atomic E-state index is 5.88. The Morgan fingerprint density at radius 2 is 1.81 bits per heavy atom. The predicted octanol–water partition coefficient (Wildman–Crippen LogP) is 3.61. The standard InChI is InChI=1S/C14H31NO/c1-6-10-14(16-9-4)13(15-8-3)11-12(5)7-2/h12-15H,6-11H2,1-5H3. The molecule has 2 heteroatoms. The lowest BCUT2D eigenvalue weighted by Crippen LogP contribution is -2.42. The zero-order valence-corrected chi connectivity index (χ0v) is 11.9. The Hall–Kier alpha value is -0.0800. The molecule has 3 unspecified atom stereocenters. The van der Waals surface area contributed by atoms with Crippen LogP contribution in [-0.4, -0.2) is 25.3 Å². The van der Waals surface area contributed by atoms with Crippen LogP contribution in [0.15, 0.2) is 0 Å². The van der Waals surface area contributed by atoms with Gasteiger partial charge in [-0.05, 0) is 32.2 Å². The van der Waals surface area contributed by atoms with E-state index < -0.39 is 0 Å². The van der Waals surface area contributed by atoms with Gasteiger partial charge in [0.2, 0.25) is 0 Å². The zero-order chi connectivity index (χ0) is 12.4. The molecule has 0 fully saturated rings. The van der Waals surface area contributed by atoms with Crippen LogP contribution < -0.4 is 5.32 Å². The van der Waals surface area contributed by atoms with Crippen molar-refractivity contribution in [3.05, 3.63) is 0 Å². The van der Waals surface area contributed by atoms with E-state index in [9.17, 15) is 0 Å². The molecule has 0 aromatic carbocycles. The summed E-state index contributed by atoms with van der Waals surface area (Å²) in [5, 5.41) is 3.59. The van der Waals surface area contributed by atoms with Crippen molar-refractivity contribution in [2.75, 3.05) is 13.2 Å². The second kappa shape index (κ2) is 10.1. The van der Waals surface area contributed by atoms with Gasteiger partial charge in [0.15, 0.2) is 0 Å². The van der Waals surface area contributed by atoms with Crippen molar-refractivity contribution in [2.24, 2.45) is 5.92 Å². The number of ether oxygens (including phenoxy) is 1. The summed E-state index contributed by atoms with van der Waals surface area (Å²) in [5.74, 6) is 0.781. The van der Waals surface area contributed by atoms with E-state index in [0.717, 1.165) is 19.1 Å². The first-order valence-electron chi connectivity index (χ1n) is 7.04. The molecule has 0 saturated carbocycles. The Morgan fingerprint density at radius 3 is 2.25 bits per heavy atom. The van der Waals surface area contributed by atoms with E-state index in [4.69, 9.17) is 4.74 Å². The number of nitrogens with one attached hydrogen (secondary N) is 1. The van der Waals surface area contributed by atoms with Crippen molar-refractivity contribution < 1.29 is 4.74 Å². The van der Waals surface area contributed by atoms with Crippen molar-refractivity contribution in [2.45, 2.75) is 72.4 Å². The largest absolute Gasteiger partial charge is 0.377 e. The minimum atomic E-state index is 0.393. The van der Waals surface area contributed by atoms with E-state index in [2.05, 4.69) is 39.9 Å². The van der Waals surface area contributed by atoms with Gasteiger partial charge < -0.3 is 10.1 Å². The Balaban J connectivity index is 4.30. The molecule has 0 saturated heterocycles. The van der Waals surface area contributed by atoms with Crippen LogP contribution in [0.2, 0.25) is 0 Å². The highest BCUT2D eigenvalue weighted by Gasteiger charge is 2.21. The Bertz CT molecular complexity index is 144. The van der Waals surface area contributed by atoms with Gasteiger partial charge >= 0.3 is 0 Å². The lowest BCUT2D eigenvalue weighted by molar-refractivity contribution is 0.0225. The van der Waals surface area contributed by atoms with E-state index in [1.807, 2.05) is 0 Å². The zero-order valence-electron chi connectivity index (χ0n) is 11.9. The molecule has 0 rings (SSSR count). The van der Waals surface area contributed by atoms with Crippen LogP contribution >= 0.6 is 0 Å². The van der Waals surface area contributed by atoms with Crippen molar-refractivity contribution in [3.63, 3.8) is 0 Å². The summed E-state index contributed by atoms with van der Waals surface area (Å²) < 4.78 is 5.88. The Kier molecular flexibility index (Phi) is 10.0. The fourth-order valence-corrected chi connectivity index (χ4v) is 2.13. The molecule has 0 aromatic heterocycles. The second-order valence-electron chi connectivity index (χ2n) is 4.70. The number of rotatable bonds is 10. The molecule has 0 aliphatic heterocycles. The molecular weight excluding hydrogens is 198 g/mol. The molecule has 0 aliphatic carbocycles. The van der Waals surface area contributed by atoms with Crippen LogP contribution in [0.25, 0.3) is 0 Å². The minimum absolute atomic E-state index is 0.393. The Labute approximate surface area is 102 Å². The third-order valence-electron chi connectivity index (χ3n) is 3.22. The van der Waals surface area contributed by atoms with E-state index in [0.29, 0.717) is 12.1 Å². The van der Waals surface area contributed by atoms with Crippen molar-refractivity contribution in [3.8, 4) is 0 Å². The molecular formula is C14H31NO. The van der Waals surface area contributed by atoms with E-state index in [1.54, 1.807) is 0 Å². The van der Waals surface area contributed by atoms with Crippen LogP contribution in [0.4, 0.5) is 0 Å². The van der Waals surface area contributed by atoms with Crippen LogP contribution in [0.5, 0.6) is 0 Å². The first kappa shape index (κ1) is 15.9. The summed E-state index contributed by atoms with van der Waals surface area (Å²) in [7, 11) is 0. The summed E-state index contributed by atoms with van der Waals surface area (Å²) in [4.78, 5) is 0. The first-order chi connectivity index (χ1) is 7.69. The highest BCUT2D eigenvalue weighted by Crippen LogP contribution is 2.17. The molecule has 0 aromatic rings. The lowest BCUT2D eigenvalue weighted by Gasteiger charge is -2.29. The second-order valence-corrected chi connectivity index (χ2v) is 4.70. The molecule has 0 bridgehead atoms. The third kappa shape index (κ3) is 6.49. The maximum absolute atomic E-state index is 5.88. The number of likely N-dealkylation sites (N-methyl/N-ethyl adjacent to an activating group) is 1. The van der Waals surface area contributed by atoms with Gasteiger partial charge in [-0.15, -0.1) is 0 Å². The molecule has 0 aliphatic rings. The fraction of sp³-hybridized carbons (Fsp3) is 1.00. The quantitative estimate of drug-likeness (QED) is 0.618. The molecule has 0 spiro atoms. The average Bonchev–Trinajstić information content (AvgIpc) is 2.28. The van der Waals surface area contributed by atoms with Gasteiger partial charge in [-0.25, -0.2) is 0 Å². The highest BCUT2D eigenvalue weighted by molar-refractivity contribution is 4.78. The average molecular weight is 229 g/mol. The van der Waals surface area contributed by atoms with Gasteiger partial charge in [-0.1, -0.05) is 40.5 Å². The lowest BCUT2D eigenvalue weighted by atomic mass is 9.93. The topological polar surface area (TPSA) is 21.3 Å². The molecule has 0 heterocycles.